The van der Waals surface area contributed by atoms with E-state index in [1.165, 1.54) is 28.6 Å². The van der Waals surface area contributed by atoms with E-state index < -0.39 is 16.0 Å². The van der Waals surface area contributed by atoms with Crippen molar-refractivity contribution in [1.29, 1.82) is 0 Å². The lowest BCUT2D eigenvalue weighted by atomic mass is 9.93. The zero-order valence-electron chi connectivity index (χ0n) is 14.4. The predicted molar refractivity (Wildman–Crippen MR) is 95.2 cm³/mol. The van der Waals surface area contributed by atoms with Gasteiger partial charge in [0.1, 0.15) is 0 Å². The molecule has 0 saturated carbocycles. The van der Waals surface area contributed by atoms with E-state index in [9.17, 15) is 18.0 Å². The van der Waals surface area contributed by atoms with Crippen LogP contribution in [0.3, 0.4) is 0 Å². The van der Waals surface area contributed by atoms with Gasteiger partial charge in [-0.25, -0.2) is 13.2 Å². The molecule has 0 radical (unpaired) electrons. The zero-order valence-corrected chi connectivity index (χ0v) is 15.2. The number of allylic oxidation sites excluding steroid dienone is 2. The summed E-state index contributed by atoms with van der Waals surface area (Å²) in [5.74, 6) is -0.984. The Morgan fingerprint density at radius 3 is 2.19 bits per heavy atom. The molecular formula is C18H22N2O5S. The first-order chi connectivity index (χ1) is 12.4. The summed E-state index contributed by atoms with van der Waals surface area (Å²) in [6.45, 7) is 1.26. The molecule has 1 fully saturated rings. The number of benzene rings is 1. The molecule has 1 aromatic rings. The highest BCUT2D eigenvalue weighted by atomic mass is 32.2. The number of rotatable bonds is 4. The van der Waals surface area contributed by atoms with Crippen LogP contribution < -0.4 is 0 Å². The number of nitrogens with zero attached hydrogens (tertiary/aromatic N) is 2. The summed E-state index contributed by atoms with van der Waals surface area (Å²) < 4.78 is 26.8. The molecule has 1 aliphatic carbocycles. The SMILES string of the molecule is O=C(O)c1ccc(S(=O)(=O)N2CCN(C(=O)C3CC=CCC3)CC2)cc1. The monoisotopic (exact) mass is 378 g/mol. The van der Waals surface area contributed by atoms with Crippen LogP contribution in [-0.2, 0) is 14.8 Å². The van der Waals surface area contributed by atoms with Crippen LogP contribution in [0.15, 0.2) is 41.3 Å². The molecule has 7 nitrogen and oxygen atoms in total. The van der Waals surface area contributed by atoms with E-state index in [0.717, 1.165) is 19.3 Å². The minimum absolute atomic E-state index is 0.00622. The fourth-order valence-corrected chi connectivity index (χ4v) is 4.77. The van der Waals surface area contributed by atoms with Gasteiger partial charge in [0.05, 0.1) is 10.5 Å². The van der Waals surface area contributed by atoms with Crippen molar-refractivity contribution in [3.05, 3.63) is 42.0 Å². The quantitative estimate of drug-likeness (QED) is 0.803. The van der Waals surface area contributed by atoms with Gasteiger partial charge in [0.25, 0.3) is 0 Å². The number of sulfonamides is 1. The van der Waals surface area contributed by atoms with E-state index in [-0.39, 0.29) is 35.4 Å². The van der Waals surface area contributed by atoms with E-state index in [4.69, 9.17) is 5.11 Å². The van der Waals surface area contributed by atoms with Crippen molar-refractivity contribution in [3.8, 4) is 0 Å². The Bertz CT molecular complexity index is 808. The van der Waals surface area contributed by atoms with Crippen molar-refractivity contribution in [2.45, 2.75) is 24.2 Å². The Balaban J connectivity index is 1.64. The van der Waals surface area contributed by atoms with E-state index >= 15 is 0 Å². The standard InChI is InChI=1S/C18H22N2O5S/c21-17(14-4-2-1-3-5-14)19-10-12-20(13-11-19)26(24,25)16-8-6-15(7-9-16)18(22)23/h1-2,6-9,14H,3-5,10-13H2,(H,22,23). The normalized spacial score (nSPS) is 21.5. The van der Waals surface area contributed by atoms with Crippen LogP contribution in [0.2, 0.25) is 0 Å². The average Bonchev–Trinajstić information content (AvgIpc) is 2.68. The zero-order chi connectivity index (χ0) is 18.7. The van der Waals surface area contributed by atoms with Crippen molar-refractivity contribution in [2.75, 3.05) is 26.2 Å². The third-order valence-corrected chi connectivity index (χ3v) is 6.82. The van der Waals surface area contributed by atoms with Crippen LogP contribution in [-0.4, -0.2) is 60.8 Å². The maximum absolute atomic E-state index is 12.7. The van der Waals surface area contributed by atoms with Crippen molar-refractivity contribution in [1.82, 2.24) is 9.21 Å². The molecule has 1 saturated heterocycles. The van der Waals surface area contributed by atoms with Gasteiger partial charge >= 0.3 is 5.97 Å². The first-order valence-corrected chi connectivity index (χ1v) is 10.1. The van der Waals surface area contributed by atoms with Crippen LogP contribution in [0.4, 0.5) is 0 Å². The Hall–Kier alpha value is -2.19. The average molecular weight is 378 g/mol. The number of amides is 1. The molecule has 2 aliphatic rings. The number of aromatic carboxylic acids is 1. The fraction of sp³-hybridized carbons (Fsp3) is 0.444. The van der Waals surface area contributed by atoms with Gasteiger partial charge in [0, 0.05) is 32.1 Å². The number of carbonyl (C=O) groups is 2. The summed E-state index contributed by atoms with van der Waals surface area (Å²) in [4.78, 5) is 25.3. The van der Waals surface area contributed by atoms with Crippen LogP contribution in [0.25, 0.3) is 0 Å². The fourth-order valence-electron chi connectivity index (χ4n) is 3.34. The summed E-state index contributed by atoms with van der Waals surface area (Å²) >= 11 is 0. The van der Waals surface area contributed by atoms with Gasteiger partial charge in [-0.05, 0) is 43.5 Å². The summed E-state index contributed by atoms with van der Waals surface area (Å²) in [5, 5.41) is 8.91. The summed E-state index contributed by atoms with van der Waals surface area (Å²) in [6, 6.07) is 5.19. The van der Waals surface area contributed by atoms with Crippen LogP contribution in [0.5, 0.6) is 0 Å². The Morgan fingerprint density at radius 1 is 1.00 bits per heavy atom. The molecule has 140 valence electrons. The topological polar surface area (TPSA) is 95.0 Å². The van der Waals surface area contributed by atoms with Crippen molar-refractivity contribution in [2.24, 2.45) is 5.92 Å². The second-order valence-corrected chi connectivity index (χ2v) is 8.48. The number of piperazine rings is 1. The van der Waals surface area contributed by atoms with E-state index in [0.29, 0.717) is 13.1 Å². The molecule has 1 heterocycles. The Morgan fingerprint density at radius 2 is 1.65 bits per heavy atom. The van der Waals surface area contributed by atoms with Gasteiger partial charge in [0.2, 0.25) is 15.9 Å². The van der Waals surface area contributed by atoms with Crippen LogP contribution >= 0.6 is 0 Å². The van der Waals surface area contributed by atoms with Crippen LogP contribution in [0.1, 0.15) is 29.6 Å². The highest BCUT2D eigenvalue weighted by Crippen LogP contribution is 2.23. The molecule has 0 bridgehead atoms. The molecule has 1 aromatic carbocycles. The van der Waals surface area contributed by atoms with Crippen molar-refractivity contribution in [3.63, 3.8) is 0 Å². The lowest BCUT2D eigenvalue weighted by Gasteiger charge is -2.36. The number of carbonyl (C=O) groups excluding carboxylic acids is 1. The van der Waals surface area contributed by atoms with Gasteiger partial charge < -0.3 is 10.0 Å². The van der Waals surface area contributed by atoms with Crippen molar-refractivity contribution < 1.29 is 23.1 Å². The van der Waals surface area contributed by atoms with Crippen LogP contribution in [0, 0.1) is 5.92 Å². The highest BCUT2D eigenvalue weighted by molar-refractivity contribution is 7.89. The Labute approximate surface area is 153 Å². The number of carboxylic acid groups (broad SMARTS) is 1. The molecule has 8 heteroatoms. The first kappa shape index (κ1) is 18.6. The second-order valence-electron chi connectivity index (χ2n) is 6.54. The minimum Gasteiger partial charge on any atom is -0.478 e. The first-order valence-electron chi connectivity index (χ1n) is 8.67. The number of hydrogen-bond acceptors (Lipinski definition) is 4. The van der Waals surface area contributed by atoms with Gasteiger partial charge in [-0.2, -0.15) is 4.31 Å². The van der Waals surface area contributed by atoms with Gasteiger partial charge in [-0.1, -0.05) is 12.2 Å². The molecule has 1 aliphatic heterocycles. The molecule has 0 spiro atoms. The number of carboxylic acids is 1. The van der Waals surface area contributed by atoms with Gasteiger partial charge in [0.15, 0.2) is 0 Å². The molecule has 1 unspecified atom stereocenters. The molecule has 3 rings (SSSR count). The largest absolute Gasteiger partial charge is 0.478 e. The van der Waals surface area contributed by atoms with E-state index in [2.05, 4.69) is 6.08 Å². The summed E-state index contributed by atoms with van der Waals surface area (Å²) in [5.41, 5.74) is 0.0425. The van der Waals surface area contributed by atoms with Crippen molar-refractivity contribution >= 4 is 21.9 Å². The highest BCUT2D eigenvalue weighted by Gasteiger charge is 2.32. The molecular weight excluding hydrogens is 356 g/mol. The minimum atomic E-state index is -3.69. The smallest absolute Gasteiger partial charge is 0.335 e. The lowest BCUT2D eigenvalue weighted by Crippen LogP contribution is -2.51. The second kappa shape index (κ2) is 7.59. The predicted octanol–water partition coefficient (Wildman–Crippen LogP) is 1.57. The third-order valence-electron chi connectivity index (χ3n) is 4.91. The summed E-state index contributed by atoms with van der Waals surface area (Å²) in [7, 11) is -3.69. The number of hydrogen-bond donors (Lipinski definition) is 1. The Kier molecular flexibility index (Phi) is 5.43. The third kappa shape index (κ3) is 3.81. The van der Waals surface area contributed by atoms with E-state index in [1.807, 2.05) is 6.08 Å². The van der Waals surface area contributed by atoms with E-state index in [1.54, 1.807) is 4.90 Å². The molecule has 26 heavy (non-hydrogen) atoms. The van der Waals surface area contributed by atoms with Gasteiger partial charge in [-0.3, -0.25) is 4.79 Å². The molecule has 1 atom stereocenters. The maximum Gasteiger partial charge on any atom is 0.335 e. The molecule has 1 N–H and O–H groups in total. The lowest BCUT2D eigenvalue weighted by molar-refractivity contribution is -0.137. The summed E-state index contributed by atoms with van der Waals surface area (Å²) in [6.07, 6.45) is 6.64. The maximum atomic E-state index is 12.7. The van der Waals surface area contributed by atoms with Gasteiger partial charge in [-0.15, -0.1) is 0 Å². The molecule has 1 amide bonds. The molecule has 0 aromatic heterocycles.